The van der Waals surface area contributed by atoms with Gasteiger partial charge in [0.05, 0.1) is 0 Å². The molecular weight excluding hydrogens is 246 g/mol. The number of hydrogen-bond acceptors (Lipinski definition) is 1. The van der Waals surface area contributed by atoms with Crippen LogP contribution in [0.1, 0.15) is 33.9 Å². The Bertz CT molecular complexity index is 597. The maximum atomic E-state index is 13.6. The van der Waals surface area contributed by atoms with E-state index in [0.29, 0.717) is 22.3 Å². The van der Waals surface area contributed by atoms with Crippen LogP contribution in [0.5, 0.6) is 0 Å². The maximum Gasteiger partial charge on any atom is 0.129 e. The van der Waals surface area contributed by atoms with E-state index in [4.69, 9.17) is 0 Å². The average molecular weight is 262 g/mol. The van der Waals surface area contributed by atoms with Gasteiger partial charge in [-0.05, 0) is 60.7 Å². The highest BCUT2D eigenvalue weighted by molar-refractivity contribution is 5.39. The lowest BCUT2D eigenvalue weighted by Gasteiger charge is -2.16. The van der Waals surface area contributed by atoms with Crippen molar-refractivity contribution in [3.05, 3.63) is 69.8 Å². The molecule has 0 saturated heterocycles. The number of hydrogen-bond donors (Lipinski definition) is 1. The summed E-state index contributed by atoms with van der Waals surface area (Å²) in [6.45, 7) is 5.11. The molecule has 0 amide bonds. The van der Waals surface area contributed by atoms with E-state index < -0.39 is 11.9 Å². The van der Waals surface area contributed by atoms with E-state index in [2.05, 4.69) is 0 Å². The summed E-state index contributed by atoms with van der Waals surface area (Å²) in [5.41, 5.74) is 2.83. The number of aliphatic hydroxyl groups excluding tert-OH is 1. The Morgan fingerprint density at radius 3 is 2.05 bits per heavy atom. The third kappa shape index (κ3) is 2.66. The van der Waals surface area contributed by atoms with Gasteiger partial charge in [0, 0.05) is 0 Å². The van der Waals surface area contributed by atoms with Crippen molar-refractivity contribution in [3.63, 3.8) is 0 Å². The van der Waals surface area contributed by atoms with Gasteiger partial charge >= 0.3 is 0 Å². The van der Waals surface area contributed by atoms with E-state index >= 15 is 0 Å². The lowest BCUT2D eigenvalue weighted by Crippen LogP contribution is -2.04. The van der Waals surface area contributed by atoms with Crippen LogP contribution >= 0.6 is 0 Å². The summed E-state index contributed by atoms with van der Waals surface area (Å²) in [5.74, 6) is -0.665. The molecule has 0 spiro atoms. The number of aliphatic hydroxyl groups is 1. The lowest BCUT2D eigenvalue weighted by atomic mass is 9.95. The van der Waals surface area contributed by atoms with Gasteiger partial charge in [-0.1, -0.05) is 18.2 Å². The summed E-state index contributed by atoms with van der Waals surface area (Å²) in [6.07, 6.45) is -0.950. The first-order valence-electron chi connectivity index (χ1n) is 6.11. The first-order chi connectivity index (χ1) is 8.90. The second-order valence-corrected chi connectivity index (χ2v) is 4.87. The van der Waals surface area contributed by atoms with E-state index in [1.807, 2.05) is 0 Å². The predicted molar refractivity (Wildman–Crippen MR) is 71.1 cm³/mol. The third-order valence-electron chi connectivity index (χ3n) is 3.31. The molecule has 2 rings (SSSR count). The molecule has 0 aliphatic heterocycles. The molecule has 100 valence electrons. The monoisotopic (exact) mass is 262 g/mol. The van der Waals surface area contributed by atoms with E-state index in [9.17, 15) is 13.9 Å². The zero-order valence-corrected chi connectivity index (χ0v) is 11.2. The summed E-state index contributed by atoms with van der Waals surface area (Å²) < 4.78 is 26.9. The van der Waals surface area contributed by atoms with Crippen molar-refractivity contribution in [3.8, 4) is 0 Å². The Morgan fingerprint density at radius 1 is 0.895 bits per heavy atom. The molecule has 1 nitrogen and oxygen atoms in total. The first-order valence-corrected chi connectivity index (χ1v) is 6.11. The fraction of sp³-hybridized carbons (Fsp3) is 0.250. The van der Waals surface area contributed by atoms with Gasteiger partial charge < -0.3 is 5.11 Å². The Kier molecular flexibility index (Phi) is 3.67. The Balaban J connectivity index is 2.49. The van der Waals surface area contributed by atoms with Gasteiger partial charge in [0.2, 0.25) is 0 Å². The highest BCUT2D eigenvalue weighted by atomic mass is 19.1. The lowest BCUT2D eigenvalue weighted by molar-refractivity contribution is 0.218. The van der Waals surface area contributed by atoms with Crippen LogP contribution in [-0.4, -0.2) is 5.11 Å². The van der Waals surface area contributed by atoms with Crippen molar-refractivity contribution in [1.82, 2.24) is 0 Å². The molecule has 2 aromatic rings. The second kappa shape index (κ2) is 5.10. The average Bonchev–Trinajstić information content (AvgIpc) is 2.37. The van der Waals surface area contributed by atoms with Gasteiger partial charge in [-0.3, -0.25) is 0 Å². The van der Waals surface area contributed by atoms with Crippen LogP contribution in [0.15, 0.2) is 30.3 Å². The molecule has 19 heavy (non-hydrogen) atoms. The smallest absolute Gasteiger partial charge is 0.129 e. The topological polar surface area (TPSA) is 20.2 Å². The number of rotatable bonds is 2. The molecule has 0 aliphatic carbocycles. The molecule has 2 aromatic carbocycles. The van der Waals surface area contributed by atoms with Crippen LogP contribution in [-0.2, 0) is 0 Å². The maximum absolute atomic E-state index is 13.6. The minimum atomic E-state index is -0.950. The van der Waals surface area contributed by atoms with Crippen molar-refractivity contribution in [2.75, 3.05) is 0 Å². The van der Waals surface area contributed by atoms with Crippen LogP contribution < -0.4 is 0 Å². The zero-order chi connectivity index (χ0) is 14.2. The van der Waals surface area contributed by atoms with Crippen LogP contribution in [0.25, 0.3) is 0 Å². The molecule has 0 bridgehead atoms. The molecule has 0 radical (unpaired) electrons. The third-order valence-corrected chi connectivity index (χ3v) is 3.31. The van der Waals surface area contributed by atoms with Crippen LogP contribution in [0.3, 0.4) is 0 Å². The Hall–Kier alpha value is -1.74. The van der Waals surface area contributed by atoms with Crippen LogP contribution in [0.2, 0.25) is 0 Å². The predicted octanol–water partition coefficient (Wildman–Crippen LogP) is 3.97. The molecule has 0 aliphatic rings. The molecule has 1 N–H and O–H groups in total. The van der Waals surface area contributed by atoms with E-state index in [-0.39, 0.29) is 5.82 Å². The quantitative estimate of drug-likeness (QED) is 0.868. The van der Waals surface area contributed by atoms with E-state index in [1.165, 1.54) is 12.1 Å². The fourth-order valence-corrected chi connectivity index (χ4v) is 2.22. The minimum absolute atomic E-state index is 0.271. The normalized spacial score (nSPS) is 12.5. The molecular formula is C16H16F2O. The Morgan fingerprint density at radius 2 is 1.47 bits per heavy atom. The number of aryl methyl sites for hydroxylation is 3. The SMILES string of the molecule is Cc1ccc(F)cc1C(O)c1cc(C)c(F)c(C)c1. The van der Waals surface area contributed by atoms with Gasteiger partial charge in [-0.15, -0.1) is 0 Å². The van der Waals surface area contributed by atoms with Crippen LogP contribution in [0.4, 0.5) is 8.78 Å². The number of halogens is 2. The van der Waals surface area contributed by atoms with Gasteiger partial charge in [-0.25, -0.2) is 8.78 Å². The summed E-state index contributed by atoms with van der Waals surface area (Å²) in [6, 6.07) is 7.48. The number of benzene rings is 2. The summed E-state index contributed by atoms with van der Waals surface area (Å²) in [4.78, 5) is 0. The van der Waals surface area contributed by atoms with E-state index in [1.54, 1.807) is 39.0 Å². The molecule has 0 saturated carbocycles. The molecule has 0 aromatic heterocycles. The van der Waals surface area contributed by atoms with Gasteiger partial charge in [0.15, 0.2) is 0 Å². The highest BCUT2D eigenvalue weighted by Crippen LogP contribution is 2.28. The van der Waals surface area contributed by atoms with Crippen molar-refractivity contribution in [2.24, 2.45) is 0 Å². The van der Waals surface area contributed by atoms with Gasteiger partial charge in [0.25, 0.3) is 0 Å². The molecule has 0 heterocycles. The Labute approximate surface area is 111 Å². The van der Waals surface area contributed by atoms with E-state index in [0.717, 1.165) is 5.56 Å². The highest BCUT2D eigenvalue weighted by Gasteiger charge is 2.16. The summed E-state index contributed by atoms with van der Waals surface area (Å²) in [5, 5.41) is 10.3. The van der Waals surface area contributed by atoms with Crippen molar-refractivity contribution >= 4 is 0 Å². The molecule has 1 unspecified atom stereocenters. The van der Waals surface area contributed by atoms with Gasteiger partial charge in [-0.2, -0.15) is 0 Å². The second-order valence-electron chi connectivity index (χ2n) is 4.87. The zero-order valence-electron chi connectivity index (χ0n) is 11.2. The van der Waals surface area contributed by atoms with Crippen molar-refractivity contribution in [2.45, 2.75) is 26.9 Å². The summed E-state index contributed by atoms with van der Waals surface area (Å²) >= 11 is 0. The standard InChI is InChI=1S/C16H16F2O/c1-9-4-5-13(17)8-14(9)16(19)12-6-10(2)15(18)11(3)7-12/h4-8,16,19H,1-3H3. The first kappa shape index (κ1) is 13.7. The minimum Gasteiger partial charge on any atom is -0.384 e. The van der Waals surface area contributed by atoms with Crippen molar-refractivity contribution in [1.29, 1.82) is 0 Å². The van der Waals surface area contributed by atoms with Crippen molar-refractivity contribution < 1.29 is 13.9 Å². The van der Waals surface area contributed by atoms with Crippen LogP contribution in [0, 0.1) is 32.4 Å². The molecule has 3 heteroatoms. The van der Waals surface area contributed by atoms with Gasteiger partial charge in [0.1, 0.15) is 17.7 Å². The summed E-state index contributed by atoms with van der Waals surface area (Å²) in [7, 11) is 0. The molecule has 0 fully saturated rings. The fourth-order valence-electron chi connectivity index (χ4n) is 2.22. The largest absolute Gasteiger partial charge is 0.384 e. The molecule has 1 atom stereocenters.